The summed E-state index contributed by atoms with van der Waals surface area (Å²) in [5, 5.41) is 0.967. The number of rotatable bonds is 3. The summed E-state index contributed by atoms with van der Waals surface area (Å²) in [5.41, 5.74) is 1.47. The third-order valence-electron chi connectivity index (χ3n) is 2.57. The van der Waals surface area contributed by atoms with E-state index in [1.165, 1.54) is 0 Å². The number of ether oxygens (including phenoxy) is 1. The third-order valence-corrected chi connectivity index (χ3v) is 4.06. The molecule has 0 aromatic heterocycles. The molecule has 0 amide bonds. The van der Waals surface area contributed by atoms with Crippen molar-refractivity contribution in [1.29, 1.82) is 0 Å². The van der Waals surface area contributed by atoms with Crippen molar-refractivity contribution >= 4 is 45.4 Å². The number of benzene rings is 2. The number of hydrogen-bond acceptors (Lipinski definition) is 2. The Labute approximate surface area is 129 Å². The van der Waals surface area contributed by atoms with Crippen molar-refractivity contribution in [2.45, 2.75) is 6.92 Å². The van der Waals surface area contributed by atoms with Gasteiger partial charge in [0.2, 0.25) is 0 Å². The summed E-state index contributed by atoms with van der Waals surface area (Å²) in [6, 6.07) is 8.49. The summed E-state index contributed by atoms with van der Waals surface area (Å²) < 4.78 is 6.38. The SMILES string of the molecule is Cc1cc(Oc2cc(Cl)c(Br)cc2Cl)ccc1C=O. The number of aldehydes is 1. The lowest BCUT2D eigenvalue weighted by atomic mass is 10.1. The van der Waals surface area contributed by atoms with Gasteiger partial charge in [0.1, 0.15) is 17.8 Å². The van der Waals surface area contributed by atoms with Gasteiger partial charge in [0.15, 0.2) is 0 Å². The van der Waals surface area contributed by atoms with E-state index >= 15 is 0 Å². The Morgan fingerprint density at radius 1 is 1.16 bits per heavy atom. The first-order valence-corrected chi connectivity index (χ1v) is 6.94. The fourth-order valence-corrected chi connectivity index (χ4v) is 2.38. The molecule has 0 atom stereocenters. The van der Waals surface area contributed by atoms with E-state index in [1.54, 1.807) is 30.3 Å². The molecule has 0 bridgehead atoms. The van der Waals surface area contributed by atoms with Crippen LogP contribution in [-0.4, -0.2) is 6.29 Å². The molecular weight excluding hydrogens is 351 g/mol. The minimum absolute atomic E-state index is 0.452. The van der Waals surface area contributed by atoms with Gasteiger partial charge in [0.05, 0.1) is 10.0 Å². The zero-order valence-electron chi connectivity index (χ0n) is 9.91. The van der Waals surface area contributed by atoms with Crippen LogP contribution in [0.3, 0.4) is 0 Å². The quantitative estimate of drug-likeness (QED) is 0.521. The van der Waals surface area contributed by atoms with Crippen LogP contribution < -0.4 is 4.74 Å². The van der Waals surface area contributed by atoms with Crippen LogP contribution in [0.4, 0.5) is 0 Å². The molecule has 0 aliphatic carbocycles. The highest BCUT2D eigenvalue weighted by atomic mass is 79.9. The molecule has 2 aromatic rings. The minimum atomic E-state index is 0.452. The van der Waals surface area contributed by atoms with E-state index in [2.05, 4.69) is 15.9 Å². The van der Waals surface area contributed by atoms with E-state index in [0.29, 0.717) is 31.6 Å². The Morgan fingerprint density at radius 2 is 1.89 bits per heavy atom. The molecule has 2 nitrogen and oxygen atoms in total. The summed E-state index contributed by atoms with van der Waals surface area (Å²) in [6.45, 7) is 1.84. The molecule has 0 heterocycles. The average Bonchev–Trinajstić information content (AvgIpc) is 2.36. The number of halogens is 3. The van der Waals surface area contributed by atoms with Gasteiger partial charge < -0.3 is 4.74 Å². The first kappa shape index (κ1) is 14.4. The van der Waals surface area contributed by atoms with E-state index in [4.69, 9.17) is 27.9 Å². The van der Waals surface area contributed by atoms with Crippen molar-refractivity contribution in [3.63, 3.8) is 0 Å². The maximum absolute atomic E-state index is 10.7. The fraction of sp³-hybridized carbons (Fsp3) is 0.0714. The van der Waals surface area contributed by atoms with Crippen molar-refractivity contribution in [1.82, 2.24) is 0 Å². The predicted molar refractivity (Wildman–Crippen MR) is 80.8 cm³/mol. The fourth-order valence-electron chi connectivity index (χ4n) is 1.55. The standard InChI is InChI=1S/C14H9BrCl2O2/c1-8-4-10(3-2-9(8)7-18)19-14-6-12(16)11(15)5-13(14)17/h2-7H,1H3. The smallest absolute Gasteiger partial charge is 0.150 e. The van der Waals surface area contributed by atoms with Gasteiger partial charge in [-0.05, 0) is 52.7 Å². The van der Waals surface area contributed by atoms with Gasteiger partial charge in [-0.15, -0.1) is 0 Å². The normalized spacial score (nSPS) is 10.3. The van der Waals surface area contributed by atoms with Crippen molar-refractivity contribution in [2.24, 2.45) is 0 Å². The lowest BCUT2D eigenvalue weighted by Crippen LogP contribution is -1.90. The van der Waals surface area contributed by atoms with E-state index in [9.17, 15) is 4.79 Å². The van der Waals surface area contributed by atoms with E-state index < -0.39 is 0 Å². The topological polar surface area (TPSA) is 26.3 Å². The van der Waals surface area contributed by atoms with E-state index in [-0.39, 0.29) is 0 Å². The molecule has 0 spiro atoms. The molecule has 0 unspecified atom stereocenters. The summed E-state index contributed by atoms with van der Waals surface area (Å²) in [4.78, 5) is 10.7. The molecular formula is C14H9BrCl2O2. The second-order valence-electron chi connectivity index (χ2n) is 3.94. The summed E-state index contributed by atoms with van der Waals surface area (Å²) >= 11 is 15.4. The molecule has 2 rings (SSSR count). The van der Waals surface area contributed by atoms with Crippen LogP contribution in [0, 0.1) is 6.92 Å². The minimum Gasteiger partial charge on any atom is -0.456 e. The van der Waals surface area contributed by atoms with Gasteiger partial charge >= 0.3 is 0 Å². The number of hydrogen-bond donors (Lipinski definition) is 0. The van der Waals surface area contributed by atoms with E-state index in [1.807, 2.05) is 6.92 Å². The molecule has 0 saturated heterocycles. The molecule has 0 aliphatic heterocycles. The summed E-state index contributed by atoms with van der Waals surface area (Å²) in [7, 11) is 0. The van der Waals surface area contributed by atoms with Crippen molar-refractivity contribution in [3.8, 4) is 11.5 Å². The highest BCUT2D eigenvalue weighted by molar-refractivity contribution is 9.10. The zero-order chi connectivity index (χ0) is 14.0. The predicted octanol–water partition coefficient (Wildman–Crippen LogP) is 5.67. The second-order valence-corrected chi connectivity index (χ2v) is 5.60. The molecule has 0 N–H and O–H groups in total. The van der Waals surface area contributed by atoms with Crippen LogP contribution in [0.2, 0.25) is 10.0 Å². The Bertz CT molecular complexity index is 642. The number of carbonyl (C=O) groups excluding carboxylic acids is 1. The summed E-state index contributed by atoms with van der Waals surface area (Å²) in [6.07, 6.45) is 0.808. The maximum atomic E-state index is 10.7. The van der Waals surface area contributed by atoms with Crippen LogP contribution in [0.15, 0.2) is 34.8 Å². The van der Waals surface area contributed by atoms with Gasteiger partial charge in [0, 0.05) is 16.1 Å². The van der Waals surface area contributed by atoms with Gasteiger partial charge in [-0.2, -0.15) is 0 Å². The van der Waals surface area contributed by atoms with E-state index in [0.717, 1.165) is 11.8 Å². The van der Waals surface area contributed by atoms with Crippen molar-refractivity contribution in [3.05, 3.63) is 56.0 Å². The first-order valence-electron chi connectivity index (χ1n) is 5.39. The highest BCUT2D eigenvalue weighted by Crippen LogP contribution is 2.36. The van der Waals surface area contributed by atoms with Gasteiger partial charge in [-0.25, -0.2) is 0 Å². The monoisotopic (exact) mass is 358 g/mol. The van der Waals surface area contributed by atoms with Gasteiger partial charge in [-0.3, -0.25) is 4.79 Å². The van der Waals surface area contributed by atoms with Crippen LogP contribution in [0.25, 0.3) is 0 Å². The molecule has 0 saturated carbocycles. The van der Waals surface area contributed by atoms with Crippen LogP contribution in [-0.2, 0) is 0 Å². The van der Waals surface area contributed by atoms with Crippen LogP contribution >= 0.6 is 39.1 Å². The molecule has 5 heteroatoms. The molecule has 0 fully saturated rings. The molecule has 19 heavy (non-hydrogen) atoms. The molecule has 98 valence electrons. The third kappa shape index (κ3) is 3.30. The van der Waals surface area contributed by atoms with Crippen molar-refractivity contribution in [2.75, 3.05) is 0 Å². The van der Waals surface area contributed by atoms with Crippen LogP contribution in [0.5, 0.6) is 11.5 Å². The zero-order valence-corrected chi connectivity index (χ0v) is 13.0. The lowest BCUT2D eigenvalue weighted by molar-refractivity contribution is 0.112. The Morgan fingerprint density at radius 3 is 2.53 bits per heavy atom. The van der Waals surface area contributed by atoms with Gasteiger partial charge in [0.25, 0.3) is 0 Å². The van der Waals surface area contributed by atoms with Gasteiger partial charge in [-0.1, -0.05) is 23.2 Å². The molecule has 0 aliphatic rings. The molecule has 2 aromatic carbocycles. The number of carbonyl (C=O) groups is 1. The first-order chi connectivity index (χ1) is 9.01. The molecule has 0 radical (unpaired) electrons. The number of aryl methyl sites for hydroxylation is 1. The Kier molecular flexibility index (Phi) is 4.50. The maximum Gasteiger partial charge on any atom is 0.150 e. The largest absolute Gasteiger partial charge is 0.456 e. The summed E-state index contributed by atoms with van der Waals surface area (Å²) in [5.74, 6) is 1.07. The highest BCUT2D eigenvalue weighted by Gasteiger charge is 2.08. The average molecular weight is 360 g/mol. The Hall–Kier alpha value is -1.03. The van der Waals surface area contributed by atoms with Crippen LogP contribution in [0.1, 0.15) is 15.9 Å². The Balaban J connectivity index is 2.33. The van der Waals surface area contributed by atoms with Crippen molar-refractivity contribution < 1.29 is 9.53 Å². The second kappa shape index (κ2) is 5.95. The lowest BCUT2D eigenvalue weighted by Gasteiger charge is -2.10.